The fourth-order valence-corrected chi connectivity index (χ4v) is 1.11. The molecule has 1 rings (SSSR count). The fourth-order valence-electron chi connectivity index (χ4n) is 0.985. The van der Waals surface area contributed by atoms with E-state index in [9.17, 15) is 13.6 Å². The van der Waals surface area contributed by atoms with Crippen LogP contribution in [0.2, 0.25) is 5.02 Å². The van der Waals surface area contributed by atoms with E-state index >= 15 is 0 Å². The van der Waals surface area contributed by atoms with Crippen LogP contribution in [-0.2, 0) is 10.7 Å². The van der Waals surface area contributed by atoms with Crippen LogP contribution in [-0.4, -0.2) is 22.3 Å². The van der Waals surface area contributed by atoms with Gasteiger partial charge in [0.25, 0.3) is 0 Å². The highest BCUT2D eigenvalue weighted by Gasteiger charge is 2.45. The molecule has 1 unspecified atom stereocenters. The molecule has 15 heavy (non-hydrogen) atoms. The SMILES string of the molecule is O=C(O)C(O)C(F)(F)c1ccc(Cl)cc1. The van der Waals surface area contributed by atoms with Crippen molar-refractivity contribution < 1.29 is 23.8 Å². The molecule has 0 bridgehead atoms. The second-order valence-electron chi connectivity index (χ2n) is 2.87. The zero-order valence-electron chi connectivity index (χ0n) is 7.32. The Balaban J connectivity index is 3.05. The first-order chi connectivity index (χ1) is 6.85. The minimum Gasteiger partial charge on any atom is -0.479 e. The van der Waals surface area contributed by atoms with Crippen LogP contribution in [0.1, 0.15) is 5.56 Å². The predicted molar refractivity (Wildman–Crippen MR) is 49.0 cm³/mol. The monoisotopic (exact) mass is 236 g/mol. The van der Waals surface area contributed by atoms with Gasteiger partial charge in [0.05, 0.1) is 0 Å². The Morgan fingerprint density at radius 2 is 1.80 bits per heavy atom. The maximum absolute atomic E-state index is 13.3. The number of halogens is 3. The minimum absolute atomic E-state index is 0.249. The number of alkyl halides is 2. The van der Waals surface area contributed by atoms with Crippen LogP contribution >= 0.6 is 11.6 Å². The summed E-state index contributed by atoms with van der Waals surface area (Å²) in [6.45, 7) is 0. The minimum atomic E-state index is -3.84. The second kappa shape index (κ2) is 4.12. The van der Waals surface area contributed by atoms with E-state index in [4.69, 9.17) is 21.8 Å². The first-order valence-corrected chi connectivity index (χ1v) is 4.28. The molecule has 0 aromatic heterocycles. The molecule has 6 heteroatoms. The fraction of sp³-hybridized carbons (Fsp3) is 0.222. The van der Waals surface area contributed by atoms with Crippen molar-refractivity contribution in [1.29, 1.82) is 0 Å². The van der Waals surface area contributed by atoms with Gasteiger partial charge in [0.2, 0.25) is 6.10 Å². The summed E-state index contributed by atoms with van der Waals surface area (Å²) >= 11 is 5.48. The lowest BCUT2D eigenvalue weighted by Crippen LogP contribution is -2.37. The second-order valence-corrected chi connectivity index (χ2v) is 3.31. The van der Waals surface area contributed by atoms with Gasteiger partial charge in [-0.2, -0.15) is 8.78 Å². The molecular weight excluding hydrogens is 230 g/mol. The molecule has 3 nitrogen and oxygen atoms in total. The highest BCUT2D eigenvalue weighted by Crippen LogP contribution is 2.32. The Morgan fingerprint density at radius 3 is 2.20 bits per heavy atom. The molecule has 0 aliphatic rings. The molecule has 0 radical (unpaired) electrons. The van der Waals surface area contributed by atoms with E-state index in [0.29, 0.717) is 0 Å². The van der Waals surface area contributed by atoms with Crippen molar-refractivity contribution in [1.82, 2.24) is 0 Å². The van der Waals surface area contributed by atoms with Crippen LogP contribution in [0.5, 0.6) is 0 Å². The Hall–Kier alpha value is -1.20. The number of aliphatic hydroxyl groups is 1. The number of benzene rings is 1. The van der Waals surface area contributed by atoms with Gasteiger partial charge in [-0.1, -0.05) is 23.7 Å². The van der Waals surface area contributed by atoms with Gasteiger partial charge >= 0.3 is 11.9 Å². The van der Waals surface area contributed by atoms with Crippen LogP contribution in [0.15, 0.2) is 24.3 Å². The lowest BCUT2D eigenvalue weighted by atomic mass is 10.0. The summed E-state index contributed by atoms with van der Waals surface area (Å²) in [6, 6.07) is 4.32. The number of hydrogen-bond acceptors (Lipinski definition) is 2. The molecule has 0 amide bonds. The summed E-state index contributed by atoms with van der Waals surface area (Å²) < 4.78 is 26.5. The van der Waals surface area contributed by atoms with E-state index in [1.807, 2.05) is 0 Å². The van der Waals surface area contributed by atoms with Crippen LogP contribution in [0.3, 0.4) is 0 Å². The molecule has 2 N–H and O–H groups in total. The molecule has 0 aliphatic heterocycles. The number of carboxylic acids is 1. The van der Waals surface area contributed by atoms with Crippen molar-refractivity contribution in [2.75, 3.05) is 0 Å². The van der Waals surface area contributed by atoms with Crippen molar-refractivity contribution in [3.8, 4) is 0 Å². The molecule has 0 aliphatic carbocycles. The summed E-state index contributed by atoms with van der Waals surface area (Å²) in [5.74, 6) is -5.81. The van der Waals surface area contributed by atoms with Gasteiger partial charge in [0, 0.05) is 10.6 Å². The summed E-state index contributed by atoms with van der Waals surface area (Å²) in [5.41, 5.74) is -0.596. The van der Waals surface area contributed by atoms with Crippen molar-refractivity contribution >= 4 is 17.6 Å². The normalized spacial score (nSPS) is 13.6. The summed E-state index contributed by atoms with van der Waals surface area (Å²) in [7, 11) is 0. The summed E-state index contributed by atoms with van der Waals surface area (Å²) in [6.07, 6.45) is -2.77. The van der Waals surface area contributed by atoms with Gasteiger partial charge < -0.3 is 10.2 Å². The van der Waals surface area contributed by atoms with E-state index < -0.39 is 23.6 Å². The maximum Gasteiger partial charge on any atom is 0.339 e. The largest absolute Gasteiger partial charge is 0.479 e. The maximum atomic E-state index is 13.3. The summed E-state index contributed by atoms with van der Waals surface area (Å²) in [5, 5.41) is 17.3. The molecular formula is C9H7ClF2O3. The number of carbonyl (C=O) groups is 1. The number of aliphatic carboxylic acids is 1. The standard InChI is InChI=1S/C9H7ClF2O3/c10-6-3-1-5(2-4-6)9(11,12)7(13)8(14)15/h1-4,7,13H,(H,14,15). The number of rotatable bonds is 3. The zero-order chi connectivity index (χ0) is 11.6. The molecule has 1 aromatic carbocycles. The highest BCUT2D eigenvalue weighted by molar-refractivity contribution is 6.30. The lowest BCUT2D eigenvalue weighted by molar-refractivity contribution is -0.173. The van der Waals surface area contributed by atoms with Crippen LogP contribution in [0, 0.1) is 0 Å². The van der Waals surface area contributed by atoms with Gasteiger partial charge in [-0.05, 0) is 12.1 Å². The van der Waals surface area contributed by atoms with Crippen LogP contribution < -0.4 is 0 Å². The number of hydrogen-bond donors (Lipinski definition) is 2. The average molecular weight is 237 g/mol. The van der Waals surface area contributed by atoms with E-state index in [-0.39, 0.29) is 5.02 Å². The first kappa shape index (κ1) is 11.9. The topological polar surface area (TPSA) is 57.5 Å². The smallest absolute Gasteiger partial charge is 0.339 e. The molecule has 1 atom stereocenters. The average Bonchev–Trinajstić information content (AvgIpc) is 2.17. The Morgan fingerprint density at radius 1 is 1.33 bits per heavy atom. The summed E-state index contributed by atoms with van der Waals surface area (Å²) in [4.78, 5) is 10.2. The Labute approximate surface area is 88.9 Å². The van der Waals surface area contributed by atoms with Crippen molar-refractivity contribution in [2.24, 2.45) is 0 Å². The van der Waals surface area contributed by atoms with Crippen molar-refractivity contribution in [3.05, 3.63) is 34.9 Å². The quantitative estimate of drug-likeness (QED) is 0.843. The van der Waals surface area contributed by atoms with Gasteiger partial charge in [-0.25, -0.2) is 4.79 Å². The van der Waals surface area contributed by atoms with Gasteiger partial charge in [0.1, 0.15) is 0 Å². The molecule has 82 valence electrons. The molecule has 0 heterocycles. The third-order valence-corrected chi connectivity index (χ3v) is 2.06. The molecule has 0 fully saturated rings. The predicted octanol–water partition coefficient (Wildman–Crippen LogP) is 1.88. The Bertz CT molecular complexity index is 364. The van der Waals surface area contributed by atoms with Crippen LogP contribution in [0.25, 0.3) is 0 Å². The van der Waals surface area contributed by atoms with E-state index in [1.165, 1.54) is 12.1 Å². The third kappa shape index (κ3) is 2.43. The number of carboxylic acid groups (broad SMARTS) is 1. The first-order valence-electron chi connectivity index (χ1n) is 3.90. The van der Waals surface area contributed by atoms with Crippen molar-refractivity contribution in [3.63, 3.8) is 0 Å². The van der Waals surface area contributed by atoms with Gasteiger partial charge in [-0.15, -0.1) is 0 Å². The third-order valence-electron chi connectivity index (χ3n) is 1.81. The Kier molecular flexibility index (Phi) is 3.26. The number of aliphatic hydroxyl groups excluding tert-OH is 1. The van der Waals surface area contributed by atoms with Gasteiger partial charge in [-0.3, -0.25) is 0 Å². The molecule has 0 spiro atoms. The molecule has 0 saturated heterocycles. The van der Waals surface area contributed by atoms with Gasteiger partial charge in [0.15, 0.2) is 0 Å². The van der Waals surface area contributed by atoms with Crippen LogP contribution in [0.4, 0.5) is 8.78 Å². The highest BCUT2D eigenvalue weighted by atomic mass is 35.5. The molecule has 0 saturated carbocycles. The zero-order valence-corrected chi connectivity index (χ0v) is 8.08. The van der Waals surface area contributed by atoms with E-state index in [1.54, 1.807) is 0 Å². The van der Waals surface area contributed by atoms with Crippen molar-refractivity contribution in [2.45, 2.75) is 12.0 Å². The van der Waals surface area contributed by atoms with E-state index in [2.05, 4.69) is 0 Å². The van der Waals surface area contributed by atoms with E-state index in [0.717, 1.165) is 12.1 Å². The molecule has 1 aromatic rings. The lowest BCUT2D eigenvalue weighted by Gasteiger charge is -2.19.